The van der Waals surface area contributed by atoms with E-state index in [1.54, 1.807) is 19.2 Å². The predicted octanol–water partition coefficient (Wildman–Crippen LogP) is 3.18. The first-order valence-corrected chi connectivity index (χ1v) is 5.12. The molecule has 0 atom stereocenters. The summed E-state index contributed by atoms with van der Waals surface area (Å²) in [5.41, 5.74) is 0.999. The lowest BCUT2D eigenvalue weighted by Crippen LogP contribution is -1.94. The van der Waals surface area contributed by atoms with Crippen LogP contribution in [0.2, 0.25) is 0 Å². The van der Waals surface area contributed by atoms with Gasteiger partial charge in [0.15, 0.2) is 0 Å². The molecule has 0 amide bonds. The lowest BCUT2D eigenvalue weighted by Gasteiger charge is -2.07. The average Bonchev–Trinajstić information content (AvgIpc) is 2.98. The van der Waals surface area contributed by atoms with Gasteiger partial charge in [0.05, 0.1) is 7.11 Å². The largest absolute Gasteiger partial charge is 0.496 e. The van der Waals surface area contributed by atoms with Crippen LogP contribution in [0.5, 0.6) is 5.75 Å². The molecule has 0 spiro atoms. The first-order chi connectivity index (χ1) is 6.79. The molecular formula is C12H15FO. The predicted molar refractivity (Wildman–Crippen MR) is 54.0 cm³/mol. The summed E-state index contributed by atoms with van der Waals surface area (Å²) < 4.78 is 18.2. The first-order valence-electron chi connectivity index (χ1n) is 5.12. The first kappa shape index (κ1) is 9.50. The summed E-state index contributed by atoms with van der Waals surface area (Å²) in [5, 5.41) is 0. The van der Waals surface area contributed by atoms with Gasteiger partial charge in [-0.2, -0.15) is 0 Å². The van der Waals surface area contributed by atoms with Crippen LogP contribution in [0, 0.1) is 11.7 Å². The summed E-state index contributed by atoms with van der Waals surface area (Å²) in [6.45, 7) is 0. The molecule has 0 saturated heterocycles. The minimum Gasteiger partial charge on any atom is -0.496 e. The molecule has 0 aliphatic heterocycles. The Balaban J connectivity index is 2.07. The number of hydrogen-bond donors (Lipinski definition) is 0. The Morgan fingerprint density at radius 2 is 2.21 bits per heavy atom. The molecule has 0 bridgehead atoms. The molecule has 2 rings (SSSR count). The molecule has 1 saturated carbocycles. The molecule has 1 aliphatic rings. The van der Waals surface area contributed by atoms with E-state index in [0.717, 1.165) is 23.7 Å². The standard InChI is InChI=1S/C12H15FO/c1-14-12-7-6-11(13)8-10(12)5-4-9-2-3-9/h6-9H,2-5H2,1H3. The van der Waals surface area contributed by atoms with Gasteiger partial charge >= 0.3 is 0 Å². The van der Waals surface area contributed by atoms with E-state index >= 15 is 0 Å². The van der Waals surface area contributed by atoms with Crippen LogP contribution in [0.25, 0.3) is 0 Å². The molecule has 1 fully saturated rings. The lowest BCUT2D eigenvalue weighted by atomic mass is 10.1. The van der Waals surface area contributed by atoms with E-state index in [0.29, 0.717) is 0 Å². The number of ether oxygens (including phenoxy) is 1. The van der Waals surface area contributed by atoms with Gasteiger partial charge < -0.3 is 4.74 Å². The molecule has 0 unspecified atom stereocenters. The SMILES string of the molecule is COc1ccc(F)cc1CCC1CC1. The van der Waals surface area contributed by atoms with E-state index < -0.39 is 0 Å². The maximum Gasteiger partial charge on any atom is 0.123 e. The van der Waals surface area contributed by atoms with Gasteiger partial charge in [0.25, 0.3) is 0 Å². The molecule has 0 radical (unpaired) electrons. The van der Waals surface area contributed by atoms with Crippen LogP contribution in [0.4, 0.5) is 4.39 Å². The van der Waals surface area contributed by atoms with E-state index in [2.05, 4.69) is 0 Å². The summed E-state index contributed by atoms with van der Waals surface area (Å²) in [4.78, 5) is 0. The number of benzene rings is 1. The minimum atomic E-state index is -0.170. The van der Waals surface area contributed by atoms with Gasteiger partial charge in [-0.15, -0.1) is 0 Å². The van der Waals surface area contributed by atoms with Gasteiger partial charge in [-0.1, -0.05) is 12.8 Å². The maximum absolute atomic E-state index is 13.0. The molecule has 2 heteroatoms. The van der Waals surface area contributed by atoms with E-state index in [1.807, 2.05) is 0 Å². The molecule has 0 aromatic heterocycles. The van der Waals surface area contributed by atoms with Crippen LogP contribution < -0.4 is 4.74 Å². The number of hydrogen-bond acceptors (Lipinski definition) is 1. The summed E-state index contributed by atoms with van der Waals surface area (Å²) in [5.74, 6) is 1.52. The van der Waals surface area contributed by atoms with Crippen molar-refractivity contribution in [3.63, 3.8) is 0 Å². The zero-order chi connectivity index (χ0) is 9.97. The molecule has 1 aromatic rings. The van der Waals surface area contributed by atoms with Crippen molar-refractivity contribution in [1.29, 1.82) is 0 Å². The normalized spacial score (nSPS) is 15.6. The van der Waals surface area contributed by atoms with Crippen molar-refractivity contribution < 1.29 is 9.13 Å². The highest BCUT2D eigenvalue weighted by Crippen LogP contribution is 2.34. The number of rotatable bonds is 4. The third-order valence-corrected chi connectivity index (χ3v) is 2.76. The number of methoxy groups -OCH3 is 1. The van der Waals surface area contributed by atoms with Crippen LogP contribution in [-0.2, 0) is 6.42 Å². The Bertz CT molecular complexity index is 318. The second-order valence-electron chi connectivity index (χ2n) is 3.94. The van der Waals surface area contributed by atoms with Gasteiger partial charge in [0.2, 0.25) is 0 Å². The summed E-state index contributed by atoms with van der Waals surface area (Å²) in [6.07, 6.45) is 4.79. The fourth-order valence-electron chi connectivity index (χ4n) is 1.71. The van der Waals surface area contributed by atoms with Crippen molar-refractivity contribution in [2.75, 3.05) is 7.11 Å². The van der Waals surface area contributed by atoms with Gasteiger partial charge in [-0.05, 0) is 42.5 Å². The molecule has 76 valence electrons. The van der Waals surface area contributed by atoms with Crippen LogP contribution in [0.3, 0.4) is 0 Å². The fraction of sp³-hybridized carbons (Fsp3) is 0.500. The molecule has 14 heavy (non-hydrogen) atoms. The Morgan fingerprint density at radius 3 is 2.86 bits per heavy atom. The Morgan fingerprint density at radius 1 is 1.43 bits per heavy atom. The van der Waals surface area contributed by atoms with Crippen molar-refractivity contribution in [3.8, 4) is 5.75 Å². The van der Waals surface area contributed by atoms with Gasteiger partial charge in [0.1, 0.15) is 11.6 Å². The fourth-order valence-corrected chi connectivity index (χ4v) is 1.71. The number of aryl methyl sites for hydroxylation is 1. The van der Waals surface area contributed by atoms with Crippen LogP contribution in [-0.4, -0.2) is 7.11 Å². The Labute approximate surface area is 83.9 Å². The summed E-state index contributed by atoms with van der Waals surface area (Å²) in [6, 6.07) is 4.73. The molecule has 0 heterocycles. The highest BCUT2D eigenvalue weighted by molar-refractivity contribution is 5.34. The summed E-state index contributed by atoms with van der Waals surface area (Å²) >= 11 is 0. The van der Waals surface area contributed by atoms with Crippen LogP contribution in [0.15, 0.2) is 18.2 Å². The average molecular weight is 194 g/mol. The third kappa shape index (κ3) is 2.25. The van der Waals surface area contributed by atoms with Crippen molar-refractivity contribution in [2.45, 2.75) is 25.7 Å². The summed E-state index contributed by atoms with van der Waals surface area (Å²) in [7, 11) is 1.63. The van der Waals surface area contributed by atoms with E-state index in [-0.39, 0.29) is 5.82 Å². The smallest absolute Gasteiger partial charge is 0.123 e. The molecule has 1 aliphatic carbocycles. The minimum absolute atomic E-state index is 0.170. The number of halogens is 1. The van der Waals surface area contributed by atoms with Crippen molar-refractivity contribution in [2.24, 2.45) is 5.92 Å². The Hall–Kier alpha value is -1.05. The van der Waals surface area contributed by atoms with E-state index in [1.165, 1.54) is 25.3 Å². The zero-order valence-electron chi connectivity index (χ0n) is 8.42. The lowest BCUT2D eigenvalue weighted by molar-refractivity contribution is 0.407. The van der Waals surface area contributed by atoms with E-state index in [4.69, 9.17) is 4.74 Å². The second kappa shape index (κ2) is 3.99. The third-order valence-electron chi connectivity index (χ3n) is 2.76. The topological polar surface area (TPSA) is 9.23 Å². The maximum atomic E-state index is 13.0. The van der Waals surface area contributed by atoms with Gasteiger partial charge in [-0.3, -0.25) is 0 Å². The molecule has 1 nitrogen and oxygen atoms in total. The monoisotopic (exact) mass is 194 g/mol. The second-order valence-corrected chi connectivity index (χ2v) is 3.94. The van der Waals surface area contributed by atoms with Crippen LogP contribution in [0.1, 0.15) is 24.8 Å². The zero-order valence-corrected chi connectivity index (χ0v) is 8.42. The van der Waals surface area contributed by atoms with Crippen molar-refractivity contribution in [3.05, 3.63) is 29.6 Å². The van der Waals surface area contributed by atoms with Gasteiger partial charge in [-0.25, -0.2) is 4.39 Å². The molecule has 1 aromatic carbocycles. The quantitative estimate of drug-likeness (QED) is 0.715. The highest BCUT2D eigenvalue weighted by Gasteiger charge is 2.21. The highest BCUT2D eigenvalue weighted by atomic mass is 19.1. The van der Waals surface area contributed by atoms with Crippen molar-refractivity contribution in [1.82, 2.24) is 0 Å². The molecule has 0 N–H and O–H groups in total. The Kier molecular flexibility index (Phi) is 2.71. The van der Waals surface area contributed by atoms with Crippen LogP contribution >= 0.6 is 0 Å². The van der Waals surface area contributed by atoms with Gasteiger partial charge in [0, 0.05) is 0 Å². The van der Waals surface area contributed by atoms with Crippen molar-refractivity contribution >= 4 is 0 Å². The molecular weight excluding hydrogens is 179 g/mol. The van der Waals surface area contributed by atoms with E-state index in [9.17, 15) is 4.39 Å².